The zero-order valence-corrected chi connectivity index (χ0v) is 18.8. The van der Waals surface area contributed by atoms with Crippen LogP contribution in [0, 0.1) is 0 Å². The average Bonchev–Trinajstić information content (AvgIpc) is 3.20. The molecule has 176 valence electrons. The molecule has 0 saturated heterocycles. The van der Waals surface area contributed by atoms with Gasteiger partial charge in [0.1, 0.15) is 18.5 Å². The Morgan fingerprint density at radius 2 is 2.06 bits per heavy atom. The molecule has 0 amide bonds. The lowest BCUT2D eigenvalue weighted by Crippen LogP contribution is -2.30. The molecule has 0 saturated carbocycles. The number of hydrogen-bond acceptors (Lipinski definition) is 8. The van der Waals surface area contributed by atoms with E-state index in [0.29, 0.717) is 5.75 Å². The number of H-pyrrole nitrogens is 1. The molecule has 4 aromatic rings. The van der Waals surface area contributed by atoms with E-state index in [2.05, 4.69) is 32.4 Å². The fraction of sp³-hybridized carbons (Fsp3) is 0.261. The molecule has 0 fully saturated rings. The minimum atomic E-state index is -0.968. The number of anilines is 1. The van der Waals surface area contributed by atoms with Gasteiger partial charge in [-0.15, -0.1) is 0 Å². The third-order valence-corrected chi connectivity index (χ3v) is 5.23. The van der Waals surface area contributed by atoms with Gasteiger partial charge in [0.2, 0.25) is 5.95 Å². The second kappa shape index (κ2) is 10.1. The molecule has 3 heterocycles. The molecule has 11 nitrogen and oxygen atoms in total. The first-order valence-corrected chi connectivity index (χ1v) is 10.7. The molecule has 0 spiro atoms. The third-order valence-electron chi connectivity index (χ3n) is 5.23. The lowest BCUT2D eigenvalue weighted by atomic mass is 10.2. The van der Waals surface area contributed by atoms with Crippen molar-refractivity contribution in [1.29, 1.82) is 0 Å². The highest BCUT2D eigenvalue weighted by Gasteiger charge is 2.20. The summed E-state index contributed by atoms with van der Waals surface area (Å²) in [6.45, 7) is 2.03. The summed E-state index contributed by atoms with van der Waals surface area (Å²) >= 11 is 0. The molecule has 0 unspecified atom stereocenters. The number of imidazole rings is 1. The second-order valence-corrected chi connectivity index (χ2v) is 7.65. The number of fused-ring (bicyclic) bond motifs is 1. The molecule has 3 N–H and O–H groups in total. The van der Waals surface area contributed by atoms with Gasteiger partial charge in [-0.05, 0) is 41.8 Å². The topological polar surface area (TPSA) is 139 Å². The lowest BCUT2D eigenvalue weighted by molar-refractivity contribution is 0.0938. The number of aryl methyl sites for hydroxylation is 2. The highest BCUT2D eigenvalue weighted by molar-refractivity contribution is 5.80. The Bertz CT molecular complexity index is 1420. The van der Waals surface area contributed by atoms with Crippen LogP contribution in [0.4, 0.5) is 5.95 Å². The maximum atomic E-state index is 12.6. The Labute approximate surface area is 194 Å². The molecule has 4 rings (SSSR count). The first-order valence-electron chi connectivity index (χ1n) is 10.7. The molecule has 34 heavy (non-hydrogen) atoms. The van der Waals surface area contributed by atoms with Gasteiger partial charge < -0.3 is 14.4 Å². The second-order valence-electron chi connectivity index (χ2n) is 7.65. The predicted molar refractivity (Wildman–Crippen MR) is 128 cm³/mol. The molecule has 0 radical (unpaired) electrons. The summed E-state index contributed by atoms with van der Waals surface area (Å²) < 4.78 is 8.45. The monoisotopic (exact) mass is 463 g/mol. The van der Waals surface area contributed by atoms with Crippen LogP contribution in [0.2, 0.25) is 0 Å². The Hall–Kier alpha value is -4.25. The number of aromatic nitrogens is 5. The highest BCUT2D eigenvalue weighted by Crippen LogP contribution is 2.18. The van der Waals surface area contributed by atoms with E-state index >= 15 is 0 Å². The van der Waals surface area contributed by atoms with Crippen LogP contribution in [-0.4, -0.2) is 48.1 Å². The molecule has 0 aliphatic heterocycles. The van der Waals surface area contributed by atoms with Gasteiger partial charge in [0, 0.05) is 19.4 Å². The molecule has 1 atom stereocenters. The number of nitrogens with zero attached hydrogens (tertiary/aromatic N) is 5. The van der Waals surface area contributed by atoms with Crippen LogP contribution in [-0.2, 0) is 20.0 Å². The van der Waals surface area contributed by atoms with E-state index in [1.54, 1.807) is 30.7 Å². The van der Waals surface area contributed by atoms with E-state index in [0.717, 1.165) is 17.5 Å². The van der Waals surface area contributed by atoms with Gasteiger partial charge in [-0.3, -0.25) is 19.3 Å². The largest absolute Gasteiger partial charge is 0.491 e. The van der Waals surface area contributed by atoms with Crippen molar-refractivity contribution < 1.29 is 9.84 Å². The molecule has 0 bridgehead atoms. The predicted octanol–water partition coefficient (Wildman–Crippen LogP) is 1.27. The van der Waals surface area contributed by atoms with Crippen molar-refractivity contribution in [1.82, 2.24) is 24.1 Å². The Morgan fingerprint density at radius 3 is 2.82 bits per heavy atom. The van der Waals surface area contributed by atoms with Crippen LogP contribution in [0.5, 0.6) is 5.75 Å². The van der Waals surface area contributed by atoms with Crippen molar-refractivity contribution in [2.75, 3.05) is 12.0 Å². The van der Waals surface area contributed by atoms with Crippen molar-refractivity contribution in [3.8, 4) is 5.75 Å². The zero-order valence-electron chi connectivity index (χ0n) is 18.8. The minimum absolute atomic E-state index is 0.00374. The maximum Gasteiger partial charge on any atom is 0.329 e. The van der Waals surface area contributed by atoms with Crippen molar-refractivity contribution in [3.05, 3.63) is 80.8 Å². The molecule has 1 aromatic carbocycles. The van der Waals surface area contributed by atoms with E-state index in [1.165, 1.54) is 16.2 Å². The Kier molecular flexibility index (Phi) is 6.83. The molecular formula is C23H25N7O4. The number of hydrogen-bond donors (Lipinski definition) is 3. The van der Waals surface area contributed by atoms with E-state index < -0.39 is 17.4 Å². The van der Waals surface area contributed by atoms with E-state index in [4.69, 9.17) is 4.74 Å². The van der Waals surface area contributed by atoms with Gasteiger partial charge in [-0.2, -0.15) is 10.1 Å². The van der Waals surface area contributed by atoms with Gasteiger partial charge >= 0.3 is 5.69 Å². The SMILES string of the molecule is CCc1cccc(OC[C@@H](O)Cn2c(N/N=C\c3ccncc3)nc3c2c(=O)[nH]c(=O)n3C)c1. The zero-order chi connectivity index (χ0) is 24.1. The van der Waals surface area contributed by atoms with Crippen molar-refractivity contribution >= 4 is 23.3 Å². The van der Waals surface area contributed by atoms with Crippen molar-refractivity contribution in [2.24, 2.45) is 12.1 Å². The van der Waals surface area contributed by atoms with Crippen LogP contribution in [0.1, 0.15) is 18.1 Å². The van der Waals surface area contributed by atoms with Crippen molar-refractivity contribution in [2.45, 2.75) is 26.0 Å². The van der Waals surface area contributed by atoms with Gasteiger partial charge in [-0.1, -0.05) is 19.1 Å². The fourth-order valence-corrected chi connectivity index (χ4v) is 3.42. The number of nitrogens with one attached hydrogen (secondary N) is 2. The summed E-state index contributed by atoms with van der Waals surface area (Å²) in [4.78, 5) is 35.2. The number of aliphatic hydroxyl groups is 1. The normalized spacial score (nSPS) is 12.3. The Morgan fingerprint density at radius 1 is 1.26 bits per heavy atom. The van der Waals surface area contributed by atoms with E-state index in [9.17, 15) is 14.7 Å². The Balaban J connectivity index is 1.60. The van der Waals surface area contributed by atoms with Gasteiger partial charge in [0.25, 0.3) is 5.56 Å². The minimum Gasteiger partial charge on any atom is -0.491 e. The van der Waals surface area contributed by atoms with E-state index in [1.807, 2.05) is 24.3 Å². The number of aliphatic hydroxyl groups excluding tert-OH is 1. The van der Waals surface area contributed by atoms with E-state index in [-0.39, 0.29) is 30.3 Å². The number of hydrazone groups is 1. The maximum absolute atomic E-state index is 12.6. The lowest BCUT2D eigenvalue weighted by Gasteiger charge is -2.15. The number of aromatic amines is 1. The summed E-state index contributed by atoms with van der Waals surface area (Å²) in [6, 6.07) is 11.2. The highest BCUT2D eigenvalue weighted by atomic mass is 16.5. The first-order chi connectivity index (χ1) is 16.5. The standard InChI is InChI=1S/C23H25N7O4/c1-3-15-5-4-6-18(11-15)34-14-17(31)13-30-19-20(29(2)23(33)27-21(19)32)26-22(30)28-25-12-16-7-9-24-10-8-16/h4-12,17,31H,3,13-14H2,1-2H3,(H,26,28)(H,27,32,33)/b25-12-/t17-/m0/s1. The van der Waals surface area contributed by atoms with Gasteiger partial charge in [0.15, 0.2) is 11.2 Å². The van der Waals surface area contributed by atoms with Crippen LogP contribution >= 0.6 is 0 Å². The summed E-state index contributed by atoms with van der Waals surface area (Å²) in [7, 11) is 1.50. The smallest absolute Gasteiger partial charge is 0.329 e. The first kappa shape index (κ1) is 22.9. The van der Waals surface area contributed by atoms with Crippen molar-refractivity contribution in [3.63, 3.8) is 0 Å². The van der Waals surface area contributed by atoms with Crippen LogP contribution in [0.3, 0.4) is 0 Å². The van der Waals surface area contributed by atoms with Gasteiger partial charge in [-0.25, -0.2) is 10.2 Å². The molecule has 0 aliphatic carbocycles. The quantitative estimate of drug-likeness (QED) is 0.251. The fourth-order valence-electron chi connectivity index (χ4n) is 3.42. The van der Waals surface area contributed by atoms with Crippen LogP contribution in [0.25, 0.3) is 11.2 Å². The molecule has 0 aliphatic rings. The summed E-state index contributed by atoms with van der Waals surface area (Å²) in [5.74, 6) is 0.841. The summed E-state index contributed by atoms with van der Waals surface area (Å²) in [5.41, 5.74) is 3.83. The molecule has 3 aromatic heterocycles. The van der Waals surface area contributed by atoms with Crippen LogP contribution < -0.4 is 21.4 Å². The average molecular weight is 463 g/mol. The number of ether oxygens (including phenoxy) is 1. The summed E-state index contributed by atoms with van der Waals surface area (Å²) in [6.07, 6.45) is 4.74. The number of pyridine rings is 1. The third kappa shape index (κ3) is 5.04. The van der Waals surface area contributed by atoms with Gasteiger partial charge in [0.05, 0.1) is 12.8 Å². The molecular weight excluding hydrogens is 438 g/mol. The summed E-state index contributed by atoms with van der Waals surface area (Å²) in [5, 5.41) is 14.9. The molecule has 11 heteroatoms. The number of benzene rings is 1. The van der Waals surface area contributed by atoms with Crippen LogP contribution in [0.15, 0.2) is 63.5 Å². The number of rotatable bonds is 9.